The van der Waals surface area contributed by atoms with Crippen LogP contribution in [-0.4, -0.2) is 80.0 Å². The van der Waals surface area contributed by atoms with E-state index in [-0.39, 0.29) is 37.4 Å². The summed E-state index contributed by atoms with van der Waals surface area (Å²) in [6.07, 6.45) is -0.902. The molecule has 38 heavy (non-hydrogen) atoms. The molecular weight excluding hydrogens is 518 g/mol. The van der Waals surface area contributed by atoms with Gasteiger partial charge >= 0.3 is 35.8 Å². The van der Waals surface area contributed by atoms with Gasteiger partial charge in [-0.25, -0.2) is 24.0 Å². The van der Waals surface area contributed by atoms with Crippen LogP contribution in [0.1, 0.15) is 37.0 Å². The molecule has 0 bridgehead atoms. The van der Waals surface area contributed by atoms with Gasteiger partial charge in [0, 0.05) is 6.92 Å². The summed E-state index contributed by atoms with van der Waals surface area (Å²) in [4.78, 5) is 84.1. The van der Waals surface area contributed by atoms with Crippen LogP contribution in [0.15, 0.2) is 24.3 Å². The maximum atomic E-state index is 12.3. The quantitative estimate of drug-likeness (QED) is 0.0686. The zero-order valence-corrected chi connectivity index (χ0v) is 20.4. The van der Waals surface area contributed by atoms with E-state index < -0.39 is 66.8 Å². The van der Waals surface area contributed by atoms with E-state index in [1.807, 2.05) is 0 Å². The Bertz CT molecular complexity index is 1020. The van der Waals surface area contributed by atoms with Crippen molar-refractivity contribution in [2.24, 2.45) is 0 Å². The van der Waals surface area contributed by atoms with E-state index in [0.717, 1.165) is 6.92 Å². The predicted octanol–water partition coefficient (Wildman–Crippen LogP) is 0.319. The molecule has 16 nitrogen and oxygen atoms in total. The highest BCUT2D eigenvalue weighted by Gasteiger charge is 2.24. The molecule has 0 amide bonds. The van der Waals surface area contributed by atoms with Gasteiger partial charge in [0.2, 0.25) is 0 Å². The number of ether oxygens (including phenoxy) is 6. The maximum Gasteiger partial charge on any atom is 0.347 e. The summed E-state index contributed by atoms with van der Waals surface area (Å²) in [6.45, 7) is -0.488. The van der Waals surface area contributed by atoms with E-state index >= 15 is 0 Å². The van der Waals surface area contributed by atoms with Crippen molar-refractivity contribution in [2.75, 3.05) is 33.0 Å². The van der Waals surface area contributed by atoms with Crippen LogP contribution in [0.4, 0.5) is 0 Å². The highest BCUT2D eigenvalue weighted by Crippen LogP contribution is 2.20. The van der Waals surface area contributed by atoms with Crippen molar-refractivity contribution >= 4 is 35.8 Å². The van der Waals surface area contributed by atoms with Crippen LogP contribution in [0.3, 0.4) is 0 Å². The molecular formula is C22H25NO15. The molecule has 0 aromatic heterocycles. The van der Waals surface area contributed by atoms with Crippen molar-refractivity contribution in [1.29, 1.82) is 0 Å². The number of nitrogens with zero attached hydrogens (tertiary/aromatic N) is 1. The average Bonchev–Trinajstić information content (AvgIpc) is 2.86. The van der Waals surface area contributed by atoms with Gasteiger partial charge in [0.1, 0.15) is 11.3 Å². The zero-order chi connectivity index (χ0) is 28.5. The van der Waals surface area contributed by atoms with Crippen molar-refractivity contribution in [2.45, 2.75) is 32.8 Å². The number of carbonyl (C=O) groups excluding carboxylic acids is 6. The molecule has 0 saturated heterocycles. The second-order valence-corrected chi connectivity index (χ2v) is 7.05. The molecule has 1 rings (SSSR count). The summed E-state index contributed by atoms with van der Waals surface area (Å²) >= 11 is 0. The summed E-state index contributed by atoms with van der Waals surface area (Å²) < 4.78 is 28.3. The largest absolute Gasteiger partial charge is 0.463 e. The molecule has 0 saturated carbocycles. The van der Waals surface area contributed by atoms with Gasteiger partial charge in [0.15, 0.2) is 25.9 Å². The Morgan fingerprint density at radius 1 is 0.842 bits per heavy atom. The van der Waals surface area contributed by atoms with Crippen LogP contribution >= 0.6 is 0 Å². The fourth-order valence-electron chi connectivity index (χ4n) is 2.33. The number of benzene rings is 1. The van der Waals surface area contributed by atoms with Gasteiger partial charge < -0.3 is 33.3 Å². The number of hydrogen-bond acceptors (Lipinski definition) is 15. The van der Waals surface area contributed by atoms with Crippen molar-refractivity contribution in [1.82, 2.24) is 0 Å². The van der Waals surface area contributed by atoms with Gasteiger partial charge in [-0.1, -0.05) is 12.1 Å². The first-order valence-electron chi connectivity index (χ1n) is 10.9. The van der Waals surface area contributed by atoms with E-state index in [1.165, 1.54) is 31.2 Å². The normalized spacial score (nSPS) is 10.8. The molecule has 16 heteroatoms. The summed E-state index contributed by atoms with van der Waals surface area (Å²) in [5, 5.41) is 9.01. The van der Waals surface area contributed by atoms with Crippen LogP contribution in [0.25, 0.3) is 0 Å². The summed E-state index contributed by atoms with van der Waals surface area (Å²) in [7, 11) is 0. The van der Waals surface area contributed by atoms with Crippen molar-refractivity contribution in [3.05, 3.63) is 39.9 Å². The Morgan fingerprint density at radius 3 is 2.00 bits per heavy atom. The third-order valence-corrected chi connectivity index (χ3v) is 4.01. The third kappa shape index (κ3) is 13.4. The first kappa shape index (κ1) is 31.3. The SMILES string of the molecule is CC(=O)Oc1ccccc1C(=O)OC(C)C(=O)OCC(=O)OCC(=O)OCC(=O)OCCCCO[N+](=O)[O-]. The predicted molar refractivity (Wildman–Crippen MR) is 119 cm³/mol. The van der Waals surface area contributed by atoms with Gasteiger partial charge in [0.25, 0.3) is 5.09 Å². The number of para-hydroxylation sites is 1. The van der Waals surface area contributed by atoms with E-state index in [2.05, 4.69) is 19.0 Å². The summed E-state index contributed by atoms with van der Waals surface area (Å²) in [6, 6.07) is 5.67. The Balaban J connectivity index is 2.27. The molecule has 208 valence electrons. The Kier molecular flexibility index (Phi) is 13.8. The minimum Gasteiger partial charge on any atom is -0.463 e. The lowest BCUT2D eigenvalue weighted by Crippen LogP contribution is -2.29. The lowest BCUT2D eigenvalue weighted by molar-refractivity contribution is -0.757. The molecule has 0 radical (unpaired) electrons. The van der Waals surface area contributed by atoms with Crippen molar-refractivity contribution < 1.29 is 67.1 Å². The topological polar surface area (TPSA) is 210 Å². The lowest BCUT2D eigenvalue weighted by atomic mass is 10.2. The number of rotatable bonds is 16. The standard InChI is InChI=1S/C22H25NO15/c1-14(37-22(29)16-7-3-4-8-17(16)38-15(2)24)21(28)35-13-20(27)34-12-19(26)33-11-18(25)32-9-5-6-10-36-23(30)31/h3-4,7-8,14H,5-6,9-13H2,1-2H3. The molecule has 1 unspecified atom stereocenters. The fraction of sp³-hybridized carbons (Fsp3) is 0.455. The van der Waals surface area contributed by atoms with Crippen molar-refractivity contribution in [3.63, 3.8) is 0 Å². The Morgan fingerprint density at radius 2 is 1.39 bits per heavy atom. The molecule has 1 atom stereocenters. The molecule has 0 spiro atoms. The molecule has 0 aliphatic carbocycles. The van der Waals surface area contributed by atoms with E-state index in [0.29, 0.717) is 0 Å². The van der Waals surface area contributed by atoms with E-state index in [1.54, 1.807) is 0 Å². The molecule has 1 aromatic rings. The second kappa shape index (κ2) is 16.8. The number of unbranched alkanes of at least 4 members (excludes halogenated alkanes) is 1. The minimum absolute atomic E-state index is 0.0745. The second-order valence-electron chi connectivity index (χ2n) is 7.05. The van der Waals surface area contributed by atoms with Gasteiger partial charge in [-0.3, -0.25) is 4.79 Å². The lowest BCUT2D eigenvalue weighted by Gasteiger charge is -2.14. The molecule has 1 aromatic carbocycles. The first-order chi connectivity index (χ1) is 18.0. The smallest absolute Gasteiger partial charge is 0.347 e. The van der Waals surface area contributed by atoms with Crippen LogP contribution in [0.2, 0.25) is 0 Å². The highest BCUT2D eigenvalue weighted by molar-refractivity contribution is 5.95. The number of esters is 6. The molecule has 0 aliphatic rings. The monoisotopic (exact) mass is 543 g/mol. The van der Waals surface area contributed by atoms with Crippen LogP contribution in [0, 0.1) is 10.1 Å². The van der Waals surface area contributed by atoms with Crippen LogP contribution < -0.4 is 4.74 Å². The third-order valence-electron chi connectivity index (χ3n) is 4.01. The minimum atomic E-state index is -1.45. The maximum absolute atomic E-state index is 12.3. The number of carbonyl (C=O) groups is 6. The van der Waals surface area contributed by atoms with Crippen LogP contribution in [0.5, 0.6) is 5.75 Å². The zero-order valence-electron chi connectivity index (χ0n) is 20.4. The molecule has 0 fully saturated rings. The fourth-order valence-corrected chi connectivity index (χ4v) is 2.33. The van der Waals surface area contributed by atoms with Gasteiger partial charge in [-0.15, -0.1) is 10.1 Å². The van der Waals surface area contributed by atoms with Gasteiger partial charge in [0.05, 0.1) is 13.2 Å². The van der Waals surface area contributed by atoms with Gasteiger partial charge in [-0.2, -0.15) is 0 Å². The Hall–Kier alpha value is -4.76. The Labute approximate surface area is 215 Å². The van der Waals surface area contributed by atoms with Crippen molar-refractivity contribution in [3.8, 4) is 5.75 Å². The number of hydrogen-bond donors (Lipinski definition) is 0. The highest BCUT2D eigenvalue weighted by atomic mass is 16.9. The summed E-state index contributed by atoms with van der Waals surface area (Å²) in [5.74, 6) is -5.95. The van der Waals surface area contributed by atoms with E-state index in [4.69, 9.17) is 14.2 Å². The first-order valence-corrected chi connectivity index (χ1v) is 10.9. The molecule has 0 N–H and O–H groups in total. The van der Waals surface area contributed by atoms with Crippen LogP contribution in [-0.2, 0) is 52.5 Å². The summed E-state index contributed by atoms with van der Waals surface area (Å²) in [5.41, 5.74) is -0.119. The molecule has 0 aliphatic heterocycles. The van der Waals surface area contributed by atoms with Gasteiger partial charge in [-0.05, 0) is 31.9 Å². The molecule has 0 heterocycles. The van der Waals surface area contributed by atoms with E-state index in [9.17, 15) is 38.9 Å². The average molecular weight is 543 g/mol.